The summed E-state index contributed by atoms with van der Waals surface area (Å²) in [5.41, 5.74) is 5.95. The predicted molar refractivity (Wildman–Crippen MR) is 107 cm³/mol. The second kappa shape index (κ2) is 7.37. The van der Waals surface area contributed by atoms with E-state index in [2.05, 4.69) is 40.9 Å². The SMILES string of the molecule is CC[C@@H](COC)n1cnc(-c2ccccc2)c1-c1ccc2onc(C)c2c1. The molecule has 27 heavy (non-hydrogen) atoms. The Morgan fingerprint density at radius 2 is 1.93 bits per heavy atom. The molecule has 0 aliphatic carbocycles. The van der Waals surface area contributed by atoms with Crippen LogP contribution in [-0.2, 0) is 4.74 Å². The van der Waals surface area contributed by atoms with E-state index in [1.54, 1.807) is 7.11 Å². The van der Waals surface area contributed by atoms with Gasteiger partial charge in [0.15, 0.2) is 5.58 Å². The van der Waals surface area contributed by atoms with Crippen molar-refractivity contribution in [1.82, 2.24) is 14.7 Å². The zero-order valence-electron chi connectivity index (χ0n) is 15.8. The summed E-state index contributed by atoms with van der Waals surface area (Å²) in [6.45, 7) is 4.77. The number of aromatic nitrogens is 3. The van der Waals surface area contributed by atoms with Crippen molar-refractivity contribution in [3.63, 3.8) is 0 Å². The maximum absolute atomic E-state index is 5.46. The summed E-state index contributed by atoms with van der Waals surface area (Å²) in [7, 11) is 1.74. The van der Waals surface area contributed by atoms with Crippen molar-refractivity contribution in [3.8, 4) is 22.5 Å². The van der Waals surface area contributed by atoms with E-state index in [9.17, 15) is 0 Å². The maximum atomic E-state index is 5.46. The van der Waals surface area contributed by atoms with Gasteiger partial charge in [-0.1, -0.05) is 42.4 Å². The van der Waals surface area contributed by atoms with E-state index in [0.717, 1.165) is 45.6 Å². The highest BCUT2D eigenvalue weighted by molar-refractivity contribution is 5.88. The Bertz CT molecular complexity index is 1050. The third kappa shape index (κ3) is 3.15. The first-order valence-corrected chi connectivity index (χ1v) is 9.20. The van der Waals surface area contributed by atoms with Crippen LogP contribution in [0.5, 0.6) is 0 Å². The van der Waals surface area contributed by atoms with Crippen LogP contribution in [0.15, 0.2) is 59.4 Å². The van der Waals surface area contributed by atoms with Crippen LogP contribution in [0.1, 0.15) is 25.1 Å². The molecule has 0 saturated carbocycles. The van der Waals surface area contributed by atoms with Crippen molar-refractivity contribution in [2.45, 2.75) is 26.3 Å². The topological polar surface area (TPSA) is 53.1 Å². The summed E-state index contributed by atoms with van der Waals surface area (Å²) in [6, 6.07) is 16.7. The van der Waals surface area contributed by atoms with Gasteiger partial charge in [0.05, 0.1) is 36.1 Å². The predicted octanol–water partition coefficient (Wildman–Crippen LogP) is 5.26. The van der Waals surface area contributed by atoms with E-state index in [4.69, 9.17) is 14.2 Å². The number of methoxy groups -OCH3 is 1. The molecule has 138 valence electrons. The van der Waals surface area contributed by atoms with Crippen LogP contribution < -0.4 is 0 Å². The second-order valence-corrected chi connectivity index (χ2v) is 6.71. The van der Waals surface area contributed by atoms with E-state index in [0.29, 0.717) is 6.61 Å². The molecule has 5 nitrogen and oxygen atoms in total. The fourth-order valence-corrected chi connectivity index (χ4v) is 3.52. The third-order valence-corrected chi connectivity index (χ3v) is 4.99. The van der Waals surface area contributed by atoms with E-state index in [-0.39, 0.29) is 6.04 Å². The minimum atomic E-state index is 0.217. The number of aryl methyl sites for hydroxylation is 1. The van der Waals surface area contributed by atoms with Gasteiger partial charge in [-0.15, -0.1) is 0 Å². The summed E-state index contributed by atoms with van der Waals surface area (Å²) in [5, 5.41) is 5.11. The van der Waals surface area contributed by atoms with Crippen molar-refractivity contribution in [1.29, 1.82) is 0 Å². The Kier molecular flexibility index (Phi) is 4.77. The molecule has 2 heterocycles. The standard InChI is InChI=1S/C22H23N3O2/c1-4-18(13-26-3)25-14-23-21(16-8-6-5-7-9-16)22(25)17-10-11-20-19(12-17)15(2)24-27-20/h5-12,14,18H,4,13H2,1-3H3/t18-/m0/s1. The normalized spacial score (nSPS) is 12.6. The largest absolute Gasteiger partial charge is 0.383 e. The zero-order chi connectivity index (χ0) is 18.8. The lowest BCUT2D eigenvalue weighted by Gasteiger charge is -2.19. The minimum Gasteiger partial charge on any atom is -0.383 e. The van der Waals surface area contributed by atoms with Crippen LogP contribution in [0.25, 0.3) is 33.5 Å². The Balaban J connectivity index is 1.94. The smallest absolute Gasteiger partial charge is 0.167 e. The van der Waals surface area contributed by atoms with Crippen LogP contribution >= 0.6 is 0 Å². The van der Waals surface area contributed by atoms with Crippen molar-refractivity contribution in [2.24, 2.45) is 0 Å². The molecule has 4 aromatic rings. The molecule has 0 N–H and O–H groups in total. The molecule has 4 rings (SSSR count). The summed E-state index contributed by atoms with van der Waals surface area (Å²) < 4.78 is 13.1. The van der Waals surface area contributed by atoms with Crippen molar-refractivity contribution in [3.05, 3.63) is 60.6 Å². The summed E-state index contributed by atoms with van der Waals surface area (Å²) in [4.78, 5) is 4.77. The van der Waals surface area contributed by atoms with Crippen LogP contribution in [0, 0.1) is 6.92 Å². The maximum Gasteiger partial charge on any atom is 0.167 e. The second-order valence-electron chi connectivity index (χ2n) is 6.71. The quantitative estimate of drug-likeness (QED) is 0.470. The summed E-state index contributed by atoms with van der Waals surface area (Å²) in [6.07, 6.45) is 2.88. The molecule has 0 fully saturated rings. The minimum absolute atomic E-state index is 0.217. The molecule has 0 aliphatic rings. The van der Waals surface area contributed by atoms with E-state index >= 15 is 0 Å². The van der Waals surface area contributed by atoms with Gasteiger partial charge in [0, 0.05) is 23.6 Å². The molecule has 1 atom stereocenters. The molecule has 0 radical (unpaired) electrons. The number of rotatable bonds is 6. The lowest BCUT2D eigenvalue weighted by molar-refractivity contribution is 0.154. The molecule has 0 aliphatic heterocycles. The average Bonchev–Trinajstić information content (AvgIpc) is 3.31. The molecule has 2 aromatic carbocycles. The zero-order valence-corrected chi connectivity index (χ0v) is 15.8. The van der Waals surface area contributed by atoms with E-state index in [1.807, 2.05) is 37.5 Å². The van der Waals surface area contributed by atoms with Crippen molar-refractivity contribution >= 4 is 11.0 Å². The lowest BCUT2D eigenvalue weighted by Crippen LogP contribution is -2.14. The van der Waals surface area contributed by atoms with Gasteiger partial charge in [0.2, 0.25) is 0 Å². The number of nitrogens with zero attached hydrogens (tertiary/aromatic N) is 3. The van der Waals surface area contributed by atoms with Gasteiger partial charge in [0.1, 0.15) is 0 Å². The van der Waals surface area contributed by atoms with E-state index < -0.39 is 0 Å². The number of hydrogen-bond acceptors (Lipinski definition) is 4. The highest BCUT2D eigenvalue weighted by Gasteiger charge is 2.20. The fourth-order valence-electron chi connectivity index (χ4n) is 3.52. The van der Waals surface area contributed by atoms with Gasteiger partial charge in [-0.3, -0.25) is 0 Å². The van der Waals surface area contributed by atoms with Gasteiger partial charge < -0.3 is 13.8 Å². The Hall–Kier alpha value is -2.92. The Morgan fingerprint density at radius 1 is 1.11 bits per heavy atom. The number of imidazole rings is 1. The fraction of sp³-hybridized carbons (Fsp3) is 0.273. The van der Waals surface area contributed by atoms with Crippen LogP contribution in [0.4, 0.5) is 0 Å². The molecule has 0 bridgehead atoms. The monoisotopic (exact) mass is 361 g/mol. The van der Waals surface area contributed by atoms with Gasteiger partial charge in [-0.2, -0.15) is 0 Å². The van der Waals surface area contributed by atoms with Gasteiger partial charge in [0.25, 0.3) is 0 Å². The Morgan fingerprint density at radius 3 is 2.67 bits per heavy atom. The number of hydrogen-bond donors (Lipinski definition) is 0. The highest BCUT2D eigenvalue weighted by atomic mass is 16.5. The van der Waals surface area contributed by atoms with Crippen molar-refractivity contribution in [2.75, 3.05) is 13.7 Å². The van der Waals surface area contributed by atoms with Gasteiger partial charge >= 0.3 is 0 Å². The molecule has 5 heteroatoms. The first kappa shape index (κ1) is 17.5. The average molecular weight is 361 g/mol. The lowest BCUT2D eigenvalue weighted by atomic mass is 10.0. The molecular weight excluding hydrogens is 338 g/mol. The van der Waals surface area contributed by atoms with Crippen molar-refractivity contribution < 1.29 is 9.26 Å². The highest BCUT2D eigenvalue weighted by Crippen LogP contribution is 2.35. The first-order valence-electron chi connectivity index (χ1n) is 9.20. The molecule has 2 aromatic heterocycles. The third-order valence-electron chi connectivity index (χ3n) is 4.99. The number of ether oxygens (including phenoxy) is 1. The summed E-state index contributed by atoms with van der Waals surface area (Å²) >= 11 is 0. The first-order chi connectivity index (χ1) is 13.2. The van der Waals surface area contributed by atoms with Crippen LogP contribution in [0.2, 0.25) is 0 Å². The molecule has 0 unspecified atom stereocenters. The van der Waals surface area contributed by atoms with Crippen LogP contribution in [0.3, 0.4) is 0 Å². The van der Waals surface area contributed by atoms with Gasteiger partial charge in [-0.25, -0.2) is 4.98 Å². The number of fused-ring (bicyclic) bond motifs is 1. The molecule has 0 saturated heterocycles. The number of benzene rings is 2. The van der Waals surface area contributed by atoms with Gasteiger partial charge in [-0.05, 0) is 31.5 Å². The molecular formula is C22H23N3O2. The van der Waals surface area contributed by atoms with E-state index in [1.165, 1.54) is 0 Å². The van der Waals surface area contributed by atoms with Crippen LogP contribution in [-0.4, -0.2) is 28.4 Å². The summed E-state index contributed by atoms with van der Waals surface area (Å²) in [5.74, 6) is 0. The Labute approximate surface area is 158 Å². The molecule has 0 amide bonds. The molecule has 0 spiro atoms.